The molecule has 0 radical (unpaired) electrons. The van der Waals surface area contributed by atoms with Gasteiger partial charge >= 0.3 is 0 Å². The van der Waals surface area contributed by atoms with Crippen LogP contribution in [0.1, 0.15) is 0 Å². The number of anilines is 6. The Labute approximate surface area is 380 Å². The minimum Gasteiger partial charge on any atom is -0.311 e. The van der Waals surface area contributed by atoms with E-state index < -0.39 is 0 Å². The Bertz CT molecular complexity index is 3230. The maximum absolute atomic E-state index is 5.11. The number of hydrogen-bond donors (Lipinski definition) is 0. The molecule has 0 aliphatic rings. The quantitative estimate of drug-likeness (QED) is 0.130. The minimum absolute atomic E-state index is 0.915. The lowest BCUT2D eigenvalue weighted by Gasteiger charge is -2.27. The molecule has 9 aromatic carbocycles. The van der Waals surface area contributed by atoms with Gasteiger partial charge in [-0.05, 0) is 118 Å². The maximum Gasteiger partial charge on any atom is 0.137 e. The van der Waals surface area contributed by atoms with E-state index in [1.165, 1.54) is 22.3 Å². The lowest BCUT2D eigenvalue weighted by molar-refractivity contribution is 1.19. The summed E-state index contributed by atoms with van der Waals surface area (Å²) in [4.78, 5) is 9.76. The molecule has 0 saturated heterocycles. The van der Waals surface area contributed by atoms with Crippen molar-refractivity contribution in [2.24, 2.45) is 0 Å². The van der Waals surface area contributed by atoms with Gasteiger partial charge in [-0.1, -0.05) is 176 Å². The first kappa shape index (κ1) is 39.1. The van der Waals surface area contributed by atoms with Crippen molar-refractivity contribution in [2.75, 3.05) is 9.80 Å². The van der Waals surface area contributed by atoms with Crippen LogP contribution < -0.4 is 9.80 Å². The second kappa shape index (κ2) is 17.6. The molecule has 0 unspecified atom stereocenters. The van der Waals surface area contributed by atoms with Gasteiger partial charge in [0.25, 0.3) is 0 Å². The zero-order chi connectivity index (χ0) is 43.4. The number of nitrogens with zero attached hydrogens (tertiary/aromatic N) is 4. The van der Waals surface area contributed by atoms with Gasteiger partial charge in [0.2, 0.25) is 0 Å². The summed E-state index contributed by atoms with van der Waals surface area (Å²) in [7, 11) is 0. The van der Waals surface area contributed by atoms with Crippen LogP contribution in [0.3, 0.4) is 0 Å². The standard InChI is InChI=1S/C61H44N4/c1-5-16-45(17-6-1)47-27-35-54(36-28-47)64(55-37-29-48(30-38-55)46-18-7-2-8-19-46)56-39-31-49(32-40-56)50-33-41-57(42-34-50)65(53-23-11-4-12-24-53)58-25-15-22-52(44-58)61-60(51-20-9-3-10-21-51)62-59-26-13-14-43-63(59)61/h1-44H. The smallest absolute Gasteiger partial charge is 0.137 e. The number of aromatic nitrogens is 2. The number of imidazole rings is 1. The molecule has 65 heavy (non-hydrogen) atoms. The molecule has 308 valence electrons. The Hall–Kier alpha value is -8.73. The molecule has 2 aromatic heterocycles. The third kappa shape index (κ3) is 7.97. The van der Waals surface area contributed by atoms with E-state index in [4.69, 9.17) is 4.98 Å². The molecular weight excluding hydrogens is 789 g/mol. The average molecular weight is 833 g/mol. The fourth-order valence-corrected chi connectivity index (χ4v) is 8.81. The van der Waals surface area contributed by atoms with E-state index in [0.717, 1.165) is 73.4 Å². The zero-order valence-corrected chi connectivity index (χ0v) is 35.7. The van der Waals surface area contributed by atoms with Crippen molar-refractivity contribution in [3.05, 3.63) is 267 Å². The summed E-state index contributed by atoms with van der Waals surface area (Å²) in [5, 5.41) is 0. The van der Waals surface area contributed by atoms with E-state index in [1.807, 2.05) is 12.1 Å². The number of hydrogen-bond acceptors (Lipinski definition) is 3. The van der Waals surface area contributed by atoms with Gasteiger partial charge in [0, 0.05) is 51.4 Å². The van der Waals surface area contributed by atoms with E-state index in [9.17, 15) is 0 Å². The summed E-state index contributed by atoms with van der Waals surface area (Å²) in [6.07, 6.45) is 2.10. The van der Waals surface area contributed by atoms with Crippen molar-refractivity contribution in [2.45, 2.75) is 0 Å². The average Bonchev–Trinajstić information content (AvgIpc) is 3.79. The molecule has 0 saturated carbocycles. The molecule has 0 bridgehead atoms. The van der Waals surface area contributed by atoms with Crippen molar-refractivity contribution in [3.63, 3.8) is 0 Å². The summed E-state index contributed by atoms with van der Waals surface area (Å²) in [5.74, 6) is 0. The molecule has 0 N–H and O–H groups in total. The summed E-state index contributed by atoms with van der Waals surface area (Å²) in [6.45, 7) is 0. The fourth-order valence-electron chi connectivity index (χ4n) is 8.81. The van der Waals surface area contributed by atoms with Crippen LogP contribution in [0.4, 0.5) is 34.1 Å². The van der Waals surface area contributed by atoms with E-state index in [2.05, 4.69) is 269 Å². The molecule has 0 amide bonds. The highest BCUT2D eigenvalue weighted by molar-refractivity contribution is 5.87. The SMILES string of the molecule is c1ccc(-c2ccc(N(c3ccc(-c4ccccc4)cc3)c3ccc(-c4ccc(N(c5ccccc5)c5cccc(-c6c(-c7ccccc7)nc7ccccn67)c5)cc4)cc3)cc2)cc1. The third-order valence-electron chi connectivity index (χ3n) is 12.0. The van der Waals surface area contributed by atoms with Gasteiger partial charge in [-0.15, -0.1) is 0 Å². The van der Waals surface area contributed by atoms with Crippen LogP contribution in [0.25, 0.3) is 61.5 Å². The van der Waals surface area contributed by atoms with Crippen LogP contribution in [-0.2, 0) is 0 Å². The van der Waals surface area contributed by atoms with Crippen LogP contribution in [0, 0.1) is 0 Å². The Morgan fingerprint density at radius 2 is 0.600 bits per heavy atom. The molecule has 4 heteroatoms. The number of para-hydroxylation sites is 1. The molecule has 0 spiro atoms. The van der Waals surface area contributed by atoms with Crippen LogP contribution in [0.5, 0.6) is 0 Å². The van der Waals surface area contributed by atoms with Gasteiger partial charge in [-0.2, -0.15) is 0 Å². The highest BCUT2D eigenvalue weighted by Crippen LogP contribution is 2.41. The first-order chi connectivity index (χ1) is 32.2. The van der Waals surface area contributed by atoms with Gasteiger partial charge < -0.3 is 9.80 Å². The summed E-state index contributed by atoms with van der Waals surface area (Å²) >= 11 is 0. The van der Waals surface area contributed by atoms with E-state index in [0.29, 0.717) is 0 Å². The highest BCUT2D eigenvalue weighted by Gasteiger charge is 2.19. The predicted molar refractivity (Wildman–Crippen MR) is 272 cm³/mol. The first-order valence-corrected chi connectivity index (χ1v) is 22.0. The second-order valence-corrected chi connectivity index (χ2v) is 16.1. The molecule has 4 nitrogen and oxygen atoms in total. The van der Waals surface area contributed by atoms with Crippen molar-refractivity contribution in [1.82, 2.24) is 9.38 Å². The normalized spacial score (nSPS) is 11.1. The largest absolute Gasteiger partial charge is 0.311 e. The number of benzene rings is 9. The number of rotatable bonds is 11. The summed E-state index contributed by atoms with van der Waals surface area (Å²) in [6, 6.07) is 92.6. The number of fused-ring (bicyclic) bond motifs is 1. The van der Waals surface area contributed by atoms with Crippen molar-refractivity contribution < 1.29 is 0 Å². The Morgan fingerprint density at radius 1 is 0.262 bits per heavy atom. The van der Waals surface area contributed by atoms with Crippen LogP contribution in [-0.4, -0.2) is 9.38 Å². The maximum atomic E-state index is 5.11. The fraction of sp³-hybridized carbons (Fsp3) is 0. The molecule has 11 aromatic rings. The molecule has 2 heterocycles. The van der Waals surface area contributed by atoms with Gasteiger partial charge in [0.05, 0.1) is 11.4 Å². The molecule has 0 aliphatic heterocycles. The van der Waals surface area contributed by atoms with Gasteiger partial charge in [-0.25, -0.2) is 4.98 Å². The van der Waals surface area contributed by atoms with E-state index >= 15 is 0 Å². The monoisotopic (exact) mass is 832 g/mol. The van der Waals surface area contributed by atoms with Crippen molar-refractivity contribution in [1.29, 1.82) is 0 Å². The van der Waals surface area contributed by atoms with Crippen molar-refractivity contribution in [3.8, 4) is 55.9 Å². The molecular formula is C61H44N4. The second-order valence-electron chi connectivity index (χ2n) is 16.1. The van der Waals surface area contributed by atoms with Crippen LogP contribution in [0.15, 0.2) is 267 Å². The van der Waals surface area contributed by atoms with E-state index in [-0.39, 0.29) is 0 Å². The van der Waals surface area contributed by atoms with Crippen LogP contribution >= 0.6 is 0 Å². The third-order valence-corrected chi connectivity index (χ3v) is 12.0. The van der Waals surface area contributed by atoms with Gasteiger partial charge in [0.1, 0.15) is 5.65 Å². The van der Waals surface area contributed by atoms with Crippen molar-refractivity contribution >= 4 is 39.8 Å². The Kier molecular flexibility index (Phi) is 10.6. The number of pyridine rings is 1. The topological polar surface area (TPSA) is 23.8 Å². The zero-order valence-electron chi connectivity index (χ0n) is 35.7. The Balaban J connectivity index is 0.922. The predicted octanol–water partition coefficient (Wildman–Crippen LogP) is 16.6. The van der Waals surface area contributed by atoms with Gasteiger partial charge in [0.15, 0.2) is 0 Å². The van der Waals surface area contributed by atoms with Crippen LogP contribution in [0.2, 0.25) is 0 Å². The lowest BCUT2D eigenvalue weighted by Crippen LogP contribution is -2.10. The molecule has 0 aliphatic carbocycles. The van der Waals surface area contributed by atoms with E-state index in [1.54, 1.807) is 0 Å². The highest BCUT2D eigenvalue weighted by atomic mass is 15.1. The summed E-state index contributed by atoms with van der Waals surface area (Å²) in [5.41, 5.74) is 18.7. The van der Waals surface area contributed by atoms with Gasteiger partial charge in [-0.3, -0.25) is 4.40 Å². The molecule has 0 fully saturated rings. The molecule has 0 atom stereocenters. The Morgan fingerprint density at radius 3 is 1.06 bits per heavy atom. The molecule has 11 rings (SSSR count). The summed E-state index contributed by atoms with van der Waals surface area (Å²) < 4.78 is 2.19. The minimum atomic E-state index is 0.915. The first-order valence-electron chi connectivity index (χ1n) is 22.0. The lowest BCUT2D eigenvalue weighted by atomic mass is 10.0.